The second kappa shape index (κ2) is 9.45. The van der Waals surface area contributed by atoms with Crippen LogP contribution in [0.2, 0.25) is 15.8 Å². The molecule has 3 heteroatoms. The lowest BCUT2D eigenvalue weighted by atomic mass is 10.2. The number of carboxylic acids is 1. The van der Waals surface area contributed by atoms with Crippen molar-refractivity contribution < 1.29 is 9.90 Å². The molecular weight excluding hydrogens is 215 g/mol. The summed E-state index contributed by atoms with van der Waals surface area (Å²) in [7, 11) is 0. The van der Waals surface area contributed by atoms with Gasteiger partial charge in [-0.05, 0) is 12.1 Å². The smallest absolute Gasteiger partial charge is 0.335 e. The SMILES string of the molecule is C[CH2][Al]([CH2]C)[CH2]C.O=C(O)c1ccccc1. The molecule has 2 nitrogen and oxygen atoms in total. The summed E-state index contributed by atoms with van der Waals surface area (Å²) < 4.78 is 0. The molecule has 0 spiro atoms. The number of carbonyl (C=O) groups is 1. The van der Waals surface area contributed by atoms with Gasteiger partial charge in [-0.2, -0.15) is 0 Å². The average Bonchev–Trinajstić information content (AvgIpc) is 2.33. The van der Waals surface area contributed by atoms with Gasteiger partial charge in [0.15, 0.2) is 0 Å². The van der Waals surface area contributed by atoms with E-state index >= 15 is 0 Å². The summed E-state index contributed by atoms with van der Waals surface area (Å²) in [5.74, 6) is -0.879. The Morgan fingerprint density at radius 2 is 1.50 bits per heavy atom. The Labute approximate surface area is 103 Å². The van der Waals surface area contributed by atoms with Gasteiger partial charge in [-0.25, -0.2) is 4.79 Å². The molecule has 0 aromatic heterocycles. The number of hydrogen-bond acceptors (Lipinski definition) is 1. The number of rotatable bonds is 4. The second-order valence-corrected chi connectivity index (χ2v) is 7.94. The topological polar surface area (TPSA) is 37.3 Å². The molecule has 1 rings (SSSR count). The van der Waals surface area contributed by atoms with Crippen LogP contribution in [0.15, 0.2) is 30.3 Å². The zero-order chi connectivity index (χ0) is 12.4. The molecule has 0 aliphatic carbocycles. The minimum Gasteiger partial charge on any atom is -0.478 e. The normalized spacial score (nSPS) is 8.94. The molecule has 0 atom stereocenters. The lowest BCUT2D eigenvalue weighted by molar-refractivity contribution is 0.0697. The highest BCUT2D eigenvalue weighted by Crippen LogP contribution is 2.01. The zero-order valence-corrected chi connectivity index (χ0v) is 11.6. The molecule has 0 unspecified atom stereocenters. The Morgan fingerprint density at radius 3 is 1.69 bits per heavy atom. The molecule has 1 aromatic rings. The fourth-order valence-corrected chi connectivity index (χ4v) is 3.18. The molecule has 1 aromatic carbocycles. The molecular formula is C13H21AlO2. The molecule has 88 valence electrons. The van der Waals surface area contributed by atoms with E-state index in [0.29, 0.717) is 5.56 Å². The van der Waals surface area contributed by atoms with Crippen LogP contribution >= 0.6 is 0 Å². The van der Waals surface area contributed by atoms with E-state index in [-0.39, 0.29) is 14.1 Å². The van der Waals surface area contributed by atoms with E-state index in [1.165, 1.54) is 15.8 Å². The van der Waals surface area contributed by atoms with Crippen molar-refractivity contribution in [2.45, 2.75) is 36.6 Å². The van der Waals surface area contributed by atoms with Crippen LogP contribution in [0.3, 0.4) is 0 Å². The van der Waals surface area contributed by atoms with Crippen LogP contribution < -0.4 is 0 Å². The third-order valence-corrected chi connectivity index (χ3v) is 6.22. The molecule has 0 aliphatic heterocycles. The monoisotopic (exact) mass is 236 g/mol. The summed E-state index contributed by atoms with van der Waals surface area (Å²) in [6, 6.07) is 8.30. The van der Waals surface area contributed by atoms with Crippen LogP contribution in [0.1, 0.15) is 31.1 Å². The summed E-state index contributed by atoms with van der Waals surface area (Å²) in [5.41, 5.74) is 0.331. The summed E-state index contributed by atoms with van der Waals surface area (Å²) in [4.78, 5) is 10.2. The van der Waals surface area contributed by atoms with E-state index in [0.717, 1.165) is 0 Å². The molecule has 0 amide bonds. The van der Waals surface area contributed by atoms with Crippen LogP contribution in [-0.2, 0) is 0 Å². The van der Waals surface area contributed by atoms with Gasteiger partial charge in [0.05, 0.1) is 5.56 Å². The molecule has 0 radical (unpaired) electrons. The first kappa shape index (κ1) is 15.2. The van der Waals surface area contributed by atoms with Gasteiger partial charge in [0.25, 0.3) is 14.1 Å². The number of aromatic carboxylic acids is 1. The molecule has 16 heavy (non-hydrogen) atoms. The van der Waals surface area contributed by atoms with Gasteiger partial charge in [-0.3, -0.25) is 0 Å². The summed E-state index contributed by atoms with van der Waals surface area (Å²) in [6.07, 6.45) is 0. The van der Waals surface area contributed by atoms with Crippen molar-refractivity contribution in [1.29, 1.82) is 0 Å². The van der Waals surface area contributed by atoms with E-state index in [1.807, 2.05) is 0 Å². The highest BCUT2D eigenvalue weighted by Gasteiger charge is 2.05. The molecule has 0 saturated carbocycles. The first-order chi connectivity index (χ1) is 7.65. The van der Waals surface area contributed by atoms with E-state index in [9.17, 15) is 4.79 Å². The van der Waals surface area contributed by atoms with E-state index in [1.54, 1.807) is 30.3 Å². The zero-order valence-electron chi connectivity index (χ0n) is 10.4. The Hall–Kier alpha value is -0.778. The maximum atomic E-state index is 10.2. The van der Waals surface area contributed by atoms with Crippen LogP contribution in [0, 0.1) is 0 Å². The number of hydrogen-bond donors (Lipinski definition) is 1. The van der Waals surface area contributed by atoms with E-state index in [4.69, 9.17) is 5.11 Å². The van der Waals surface area contributed by atoms with E-state index < -0.39 is 5.97 Å². The average molecular weight is 236 g/mol. The molecule has 0 saturated heterocycles. The predicted molar refractivity (Wildman–Crippen MR) is 70.6 cm³/mol. The van der Waals surface area contributed by atoms with E-state index in [2.05, 4.69) is 20.8 Å². The summed E-state index contributed by atoms with van der Waals surface area (Å²) >= 11 is -0.171. The van der Waals surface area contributed by atoms with Gasteiger partial charge in [0, 0.05) is 0 Å². The predicted octanol–water partition coefficient (Wildman–Crippen LogP) is 3.93. The van der Waals surface area contributed by atoms with Crippen LogP contribution in [0.4, 0.5) is 0 Å². The Morgan fingerprint density at radius 1 is 1.06 bits per heavy atom. The lowest BCUT2D eigenvalue weighted by Crippen LogP contribution is -2.04. The van der Waals surface area contributed by atoms with Gasteiger partial charge < -0.3 is 5.11 Å². The summed E-state index contributed by atoms with van der Waals surface area (Å²) in [5, 5.41) is 12.9. The molecule has 0 heterocycles. The maximum Gasteiger partial charge on any atom is 0.335 e. The van der Waals surface area contributed by atoms with Gasteiger partial charge in [-0.1, -0.05) is 54.8 Å². The van der Waals surface area contributed by atoms with Crippen molar-refractivity contribution in [2.75, 3.05) is 0 Å². The van der Waals surface area contributed by atoms with Gasteiger partial charge in [0.1, 0.15) is 0 Å². The fourth-order valence-electron chi connectivity index (χ4n) is 1.45. The third-order valence-electron chi connectivity index (χ3n) is 2.75. The summed E-state index contributed by atoms with van der Waals surface area (Å²) in [6.45, 7) is 6.97. The van der Waals surface area contributed by atoms with Crippen LogP contribution in [-0.4, -0.2) is 25.2 Å². The van der Waals surface area contributed by atoms with Crippen molar-refractivity contribution in [1.82, 2.24) is 0 Å². The van der Waals surface area contributed by atoms with Crippen molar-refractivity contribution in [3.8, 4) is 0 Å². The number of benzene rings is 1. The third kappa shape index (κ3) is 6.66. The first-order valence-corrected chi connectivity index (χ1v) is 8.38. The molecule has 0 fully saturated rings. The minimum absolute atomic E-state index is 0.171. The van der Waals surface area contributed by atoms with Crippen molar-refractivity contribution in [3.63, 3.8) is 0 Å². The van der Waals surface area contributed by atoms with Crippen molar-refractivity contribution >= 4 is 20.1 Å². The van der Waals surface area contributed by atoms with Crippen molar-refractivity contribution in [2.24, 2.45) is 0 Å². The first-order valence-electron chi connectivity index (χ1n) is 5.93. The van der Waals surface area contributed by atoms with Gasteiger partial charge >= 0.3 is 5.97 Å². The molecule has 0 bridgehead atoms. The lowest BCUT2D eigenvalue weighted by Gasteiger charge is -1.97. The molecule has 0 aliphatic rings. The Bertz CT molecular complexity index is 276. The van der Waals surface area contributed by atoms with Crippen molar-refractivity contribution in [3.05, 3.63) is 35.9 Å². The highest BCUT2D eigenvalue weighted by atomic mass is 27.2. The Kier molecular flexibility index (Phi) is 8.99. The molecule has 1 N–H and O–H groups in total. The second-order valence-electron chi connectivity index (χ2n) is 3.76. The number of carboxylic acid groups (broad SMARTS) is 1. The standard InChI is InChI=1S/C7H6O2.3C2H5.Al/c8-7(9)6-4-2-1-3-5-6;3*1-2;/h1-5H,(H,8,9);3*1H2,2H3;. The maximum absolute atomic E-state index is 10.2. The van der Waals surface area contributed by atoms with Gasteiger partial charge in [-0.15, -0.1) is 0 Å². The van der Waals surface area contributed by atoms with Crippen LogP contribution in [0.25, 0.3) is 0 Å². The highest BCUT2D eigenvalue weighted by molar-refractivity contribution is 6.58. The largest absolute Gasteiger partial charge is 0.478 e. The van der Waals surface area contributed by atoms with Gasteiger partial charge in [0.2, 0.25) is 0 Å². The Balaban J connectivity index is 0.000000293. The van der Waals surface area contributed by atoms with Crippen LogP contribution in [0.5, 0.6) is 0 Å². The fraction of sp³-hybridized carbons (Fsp3) is 0.462. The minimum atomic E-state index is -0.879. The quantitative estimate of drug-likeness (QED) is 0.804.